The van der Waals surface area contributed by atoms with Crippen molar-refractivity contribution in [3.05, 3.63) is 24.3 Å². The summed E-state index contributed by atoms with van der Waals surface area (Å²) in [6.07, 6.45) is 3.02. The van der Waals surface area contributed by atoms with Crippen LogP contribution in [0.25, 0.3) is 0 Å². The van der Waals surface area contributed by atoms with E-state index in [2.05, 4.69) is 20.8 Å². The lowest BCUT2D eigenvalue weighted by Crippen LogP contribution is -2.35. The average Bonchev–Trinajstić information content (AvgIpc) is 2.35. The molecule has 0 amide bonds. The third-order valence-corrected chi connectivity index (χ3v) is 3.91. The van der Waals surface area contributed by atoms with Gasteiger partial charge in [-0.25, -0.2) is 4.79 Å². The van der Waals surface area contributed by atoms with Gasteiger partial charge in [0, 0.05) is 0 Å². The van der Waals surface area contributed by atoms with Crippen molar-refractivity contribution in [1.29, 1.82) is 0 Å². The lowest BCUT2D eigenvalue weighted by Gasteiger charge is -2.38. The SMILES string of the molecule is CC1CC(OC(=O)COc2ccccc2N)CC(C)(C)C1. The van der Waals surface area contributed by atoms with Crippen molar-refractivity contribution in [1.82, 2.24) is 0 Å². The number of hydrogen-bond donors (Lipinski definition) is 1. The summed E-state index contributed by atoms with van der Waals surface area (Å²) in [6, 6.07) is 7.13. The van der Waals surface area contributed by atoms with Crippen molar-refractivity contribution in [2.24, 2.45) is 11.3 Å². The van der Waals surface area contributed by atoms with Crippen LogP contribution >= 0.6 is 0 Å². The van der Waals surface area contributed by atoms with Crippen molar-refractivity contribution in [3.63, 3.8) is 0 Å². The van der Waals surface area contributed by atoms with Gasteiger partial charge in [0.25, 0.3) is 0 Å². The van der Waals surface area contributed by atoms with E-state index in [1.807, 2.05) is 12.1 Å². The molecule has 1 aliphatic carbocycles. The molecule has 2 rings (SSSR count). The smallest absolute Gasteiger partial charge is 0.344 e. The maximum Gasteiger partial charge on any atom is 0.344 e. The van der Waals surface area contributed by atoms with Crippen molar-refractivity contribution in [2.75, 3.05) is 12.3 Å². The van der Waals surface area contributed by atoms with Crippen LogP contribution in [0.1, 0.15) is 40.0 Å². The molecular formula is C17H25NO3. The van der Waals surface area contributed by atoms with Gasteiger partial charge in [-0.1, -0.05) is 32.9 Å². The van der Waals surface area contributed by atoms with Crippen molar-refractivity contribution in [3.8, 4) is 5.75 Å². The number of nitrogens with two attached hydrogens (primary N) is 1. The van der Waals surface area contributed by atoms with Gasteiger partial charge in [-0.15, -0.1) is 0 Å². The molecule has 1 aromatic rings. The molecular weight excluding hydrogens is 266 g/mol. The highest BCUT2D eigenvalue weighted by Gasteiger charge is 2.33. The van der Waals surface area contributed by atoms with Crippen LogP contribution in [0.4, 0.5) is 5.69 Å². The highest BCUT2D eigenvalue weighted by molar-refractivity contribution is 5.71. The predicted octanol–water partition coefficient (Wildman–Crippen LogP) is 3.41. The molecule has 0 saturated heterocycles. The van der Waals surface area contributed by atoms with Crippen molar-refractivity contribution in [2.45, 2.75) is 46.1 Å². The number of nitrogen functional groups attached to an aromatic ring is 1. The molecule has 0 radical (unpaired) electrons. The van der Waals surface area contributed by atoms with E-state index in [1.54, 1.807) is 12.1 Å². The van der Waals surface area contributed by atoms with Gasteiger partial charge in [-0.2, -0.15) is 0 Å². The van der Waals surface area contributed by atoms with Crippen molar-refractivity contribution < 1.29 is 14.3 Å². The molecule has 4 heteroatoms. The van der Waals surface area contributed by atoms with E-state index >= 15 is 0 Å². The van der Waals surface area contributed by atoms with Crippen molar-refractivity contribution >= 4 is 11.7 Å². The second-order valence-electron chi connectivity index (χ2n) is 6.85. The fourth-order valence-electron chi connectivity index (χ4n) is 3.32. The fourth-order valence-corrected chi connectivity index (χ4v) is 3.32. The molecule has 0 spiro atoms. The third kappa shape index (κ3) is 4.66. The lowest BCUT2D eigenvalue weighted by molar-refractivity contribution is -0.155. The number of esters is 1. The number of rotatable bonds is 4. The third-order valence-electron chi connectivity index (χ3n) is 3.91. The quantitative estimate of drug-likeness (QED) is 0.682. The molecule has 0 aromatic heterocycles. The largest absolute Gasteiger partial charge is 0.480 e. The molecule has 116 valence electrons. The first-order valence-electron chi connectivity index (χ1n) is 7.52. The van der Waals surface area contributed by atoms with Crippen LogP contribution in [0.2, 0.25) is 0 Å². The number of hydrogen-bond acceptors (Lipinski definition) is 4. The summed E-state index contributed by atoms with van der Waals surface area (Å²) in [7, 11) is 0. The van der Waals surface area contributed by atoms with E-state index in [0.29, 0.717) is 17.4 Å². The maximum atomic E-state index is 11.9. The van der Waals surface area contributed by atoms with Gasteiger partial charge < -0.3 is 15.2 Å². The lowest BCUT2D eigenvalue weighted by atomic mass is 9.71. The summed E-state index contributed by atoms with van der Waals surface area (Å²) in [5, 5.41) is 0. The van der Waals surface area contributed by atoms with Gasteiger partial charge in [0.1, 0.15) is 11.9 Å². The Morgan fingerprint density at radius 1 is 1.33 bits per heavy atom. The van der Waals surface area contributed by atoms with Gasteiger partial charge in [0.15, 0.2) is 6.61 Å². The predicted molar refractivity (Wildman–Crippen MR) is 83.0 cm³/mol. The molecule has 2 N–H and O–H groups in total. The minimum Gasteiger partial charge on any atom is -0.480 e. The standard InChI is InChI=1S/C17H25NO3/c1-12-8-13(10-17(2,3)9-12)21-16(19)11-20-15-7-5-4-6-14(15)18/h4-7,12-13H,8-11,18H2,1-3H3. The molecule has 1 saturated carbocycles. The minimum atomic E-state index is -0.326. The molecule has 1 aromatic carbocycles. The number of carbonyl (C=O) groups excluding carboxylic acids is 1. The molecule has 2 unspecified atom stereocenters. The van der Waals surface area contributed by atoms with Crippen LogP contribution < -0.4 is 10.5 Å². The molecule has 2 atom stereocenters. The van der Waals surface area contributed by atoms with Crippen LogP contribution in [0.15, 0.2) is 24.3 Å². The number of benzene rings is 1. The number of para-hydroxylation sites is 2. The second kappa shape index (κ2) is 6.37. The molecule has 0 heterocycles. The zero-order chi connectivity index (χ0) is 15.5. The maximum absolute atomic E-state index is 11.9. The zero-order valence-corrected chi connectivity index (χ0v) is 13.1. The van der Waals surface area contributed by atoms with E-state index in [0.717, 1.165) is 12.8 Å². The Morgan fingerprint density at radius 3 is 2.71 bits per heavy atom. The van der Waals surface area contributed by atoms with Crippen LogP contribution in [-0.4, -0.2) is 18.7 Å². The van der Waals surface area contributed by atoms with Gasteiger partial charge in [0.2, 0.25) is 0 Å². The van der Waals surface area contributed by atoms with E-state index in [-0.39, 0.29) is 24.1 Å². The topological polar surface area (TPSA) is 61.5 Å². The summed E-state index contributed by atoms with van der Waals surface area (Å²) in [5.41, 5.74) is 6.52. The highest BCUT2D eigenvalue weighted by Crippen LogP contribution is 2.39. The van der Waals surface area contributed by atoms with Gasteiger partial charge in [-0.05, 0) is 42.7 Å². The molecule has 0 bridgehead atoms. The Labute approximate surface area is 126 Å². The molecule has 0 aliphatic heterocycles. The van der Waals surface area contributed by atoms with E-state index < -0.39 is 0 Å². The number of ether oxygens (including phenoxy) is 2. The molecule has 1 fully saturated rings. The molecule has 4 nitrogen and oxygen atoms in total. The van der Waals surface area contributed by atoms with E-state index in [9.17, 15) is 4.79 Å². The van der Waals surface area contributed by atoms with E-state index in [1.165, 1.54) is 6.42 Å². The Bertz CT molecular complexity index is 499. The fraction of sp³-hybridized carbons (Fsp3) is 0.588. The summed E-state index contributed by atoms with van der Waals surface area (Å²) in [4.78, 5) is 11.9. The molecule has 21 heavy (non-hydrogen) atoms. The first kappa shape index (κ1) is 15.7. The Hall–Kier alpha value is -1.71. The Kier molecular flexibility index (Phi) is 4.76. The van der Waals surface area contributed by atoms with Crippen LogP contribution in [0, 0.1) is 11.3 Å². The zero-order valence-electron chi connectivity index (χ0n) is 13.1. The molecule has 1 aliphatic rings. The number of carbonyl (C=O) groups is 1. The monoisotopic (exact) mass is 291 g/mol. The Balaban J connectivity index is 1.83. The Morgan fingerprint density at radius 2 is 2.05 bits per heavy atom. The summed E-state index contributed by atoms with van der Waals surface area (Å²) in [6.45, 7) is 6.57. The van der Waals surface area contributed by atoms with Crippen LogP contribution in [0.5, 0.6) is 5.75 Å². The minimum absolute atomic E-state index is 0.00651. The average molecular weight is 291 g/mol. The first-order valence-corrected chi connectivity index (χ1v) is 7.52. The summed E-state index contributed by atoms with van der Waals surface area (Å²) in [5.74, 6) is 0.775. The normalized spacial score (nSPS) is 24.3. The van der Waals surface area contributed by atoms with Gasteiger partial charge in [0.05, 0.1) is 5.69 Å². The highest BCUT2D eigenvalue weighted by atomic mass is 16.6. The van der Waals surface area contributed by atoms with E-state index in [4.69, 9.17) is 15.2 Å². The number of anilines is 1. The van der Waals surface area contributed by atoms with Crippen LogP contribution in [0.3, 0.4) is 0 Å². The van der Waals surface area contributed by atoms with Gasteiger partial charge >= 0.3 is 5.97 Å². The van der Waals surface area contributed by atoms with Crippen LogP contribution in [-0.2, 0) is 9.53 Å². The first-order chi connectivity index (χ1) is 9.85. The summed E-state index contributed by atoms with van der Waals surface area (Å²) < 4.78 is 11.0. The van der Waals surface area contributed by atoms with Gasteiger partial charge in [-0.3, -0.25) is 0 Å². The second-order valence-corrected chi connectivity index (χ2v) is 6.85. The summed E-state index contributed by atoms with van der Waals surface area (Å²) >= 11 is 0.